The zero-order valence-electron chi connectivity index (χ0n) is 11.0. The van der Waals surface area contributed by atoms with Gasteiger partial charge in [-0.05, 0) is 49.9 Å². The van der Waals surface area contributed by atoms with Gasteiger partial charge in [-0.15, -0.1) is 0 Å². The van der Waals surface area contributed by atoms with Gasteiger partial charge in [0.15, 0.2) is 11.5 Å². The molecule has 1 aliphatic heterocycles. The maximum Gasteiger partial charge on any atom is 0.203 e. The molecular weight excluding hydrogens is 230 g/mol. The number of piperidine rings is 1. The molecule has 1 heterocycles. The van der Waals surface area contributed by atoms with Crippen LogP contribution < -0.4 is 14.8 Å². The maximum absolute atomic E-state index is 10.2. The number of phenols is 1. The van der Waals surface area contributed by atoms with Crippen molar-refractivity contribution in [2.45, 2.75) is 19.3 Å². The monoisotopic (exact) mass is 251 g/mol. The second-order valence-electron chi connectivity index (χ2n) is 4.73. The molecule has 0 spiro atoms. The SMILES string of the molecule is COc1ccc(CC2CCCNC2)c(O)c1OC. The molecule has 0 bridgehead atoms. The first-order chi connectivity index (χ1) is 8.76. The second kappa shape index (κ2) is 5.96. The molecule has 4 heteroatoms. The lowest BCUT2D eigenvalue weighted by atomic mass is 9.92. The van der Waals surface area contributed by atoms with Gasteiger partial charge in [0.05, 0.1) is 14.2 Å². The summed E-state index contributed by atoms with van der Waals surface area (Å²) in [5, 5.41) is 13.6. The number of methoxy groups -OCH3 is 2. The van der Waals surface area contributed by atoms with E-state index in [0.29, 0.717) is 17.4 Å². The highest BCUT2D eigenvalue weighted by atomic mass is 16.5. The lowest BCUT2D eigenvalue weighted by Crippen LogP contribution is -2.30. The van der Waals surface area contributed by atoms with Gasteiger partial charge in [0.2, 0.25) is 5.75 Å². The normalized spacial score (nSPS) is 19.6. The highest BCUT2D eigenvalue weighted by Crippen LogP contribution is 2.39. The summed E-state index contributed by atoms with van der Waals surface area (Å²) in [4.78, 5) is 0. The molecular formula is C14H21NO3. The average molecular weight is 251 g/mol. The first-order valence-corrected chi connectivity index (χ1v) is 6.39. The number of benzene rings is 1. The fourth-order valence-corrected chi connectivity index (χ4v) is 2.53. The summed E-state index contributed by atoms with van der Waals surface area (Å²) in [6, 6.07) is 3.77. The Balaban J connectivity index is 2.17. The van der Waals surface area contributed by atoms with E-state index in [4.69, 9.17) is 9.47 Å². The van der Waals surface area contributed by atoms with Crippen LogP contribution in [0.4, 0.5) is 0 Å². The molecule has 0 amide bonds. The molecule has 100 valence electrons. The number of ether oxygens (including phenoxy) is 2. The van der Waals surface area contributed by atoms with Crippen molar-refractivity contribution < 1.29 is 14.6 Å². The number of hydrogen-bond donors (Lipinski definition) is 2. The smallest absolute Gasteiger partial charge is 0.203 e. The molecule has 0 aliphatic carbocycles. The summed E-state index contributed by atoms with van der Waals surface area (Å²) in [6.07, 6.45) is 3.29. The Kier molecular flexibility index (Phi) is 4.31. The maximum atomic E-state index is 10.2. The van der Waals surface area contributed by atoms with E-state index in [1.807, 2.05) is 12.1 Å². The van der Waals surface area contributed by atoms with E-state index in [1.165, 1.54) is 12.8 Å². The summed E-state index contributed by atoms with van der Waals surface area (Å²) in [7, 11) is 3.12. The van der Waals surface area contributed by atoms with E-state index in [2.05, 4.69) is 5.32 Å². The summed E-state index contributed by atoms with van der Waals surface area (Å²) in [5.41, 5.74) is 0.932. The Morgan fingerprint density at radius 3 is 2.78 bits per heavy atom. The third-order valence-electron chi connectivity index (χ3n) is 3.51. The highest BCUT2D eigenvalue weighted by Gasteiger charge is 2.19. The Labute approximate surface area is 108 Å². The van der Waals surface area contributed by atoms with E-state index in [1.54, 1.807) is 14.2 Å². The standard InChI is InChI=1S/C14H21NO3/c1-17-12-6-5-11(13(16)14(12)18-2)8-10-4-3-7-15-9-10/h5-6,10,15-16H,3-4,7-9H2,1-2H3. The van der Waals surface area contributed by atoms with Crippen LogP contribution in [-0.4, -0.2) is 32.4 Å². The van der Waals surface area contributed by atoms with E-state index >= 15 is 0 Å². The zero-order chi connectivity index (χ0) is 13.0. The highest BCUT2D eigenvalue weighted by molar-refractivity contribution is 5.54. The van der Waals surface area contributed by atoms with Crippen molar-refractivity contribution in [1.29, 1.82) is 0 Å². The van der Waals surface area contributed by atoms with Crippen molar-refractivity contribution >= 4 is 0 Å². The van der Waals surface area contributed by atoms with Crippen LogP contribution in [0.1, 0.15) is 18.4 Å². The Morgan fingerprint density at radius 1 is 1.33 bits per heavy atom. The van der Waals surface area contributed by atoms with E-state index in [-0.39, 0.29) is 5.75 Å². The van der Waals surface area contributed by atoms with Gasteiger partial charge in [0.1, 0.15) is 0 Å². The molecule has 1 saturated heterocycles. The molecule has 1 aromatic rings. The number of aromatic hydroxyl groups is 1. The first kappa shape index (κ1) is 13.0. The van der Waals surface area contributed by atoms with Crippen LogP contribution >= 0.6 is 0 Å². The lowest BCUT2D eigenvalue weighted by Gasteiger charge is -2.23. The molecule has 1 aromatic carbocycles. The van der Waals surface area contributed by atoms with Gasteiger partial charge < -0.3 is 19.9 Å². The zero-order valence-corrected chi connectivity index (χ0v) is 11.0. The van der Waals surface area contributed by atoms with Crippen LogP contribution in [0, 0.1) is 5.92 Å². The Bertz CT molecular complexity index is 400. The summed E-state index contributed by atoms with van der Waals surface area (Å²) >= 11 is 0. The van der Waals surface area contributed by atoms with Gasteiger partial charge >= 0.3 is 0 Å². The molecule has 1 fully saturated rings. The fraction of sp³-hybridized carbons (Fsp3) is 0.571. The number of nitrogens with one attached hydrogen (secondary N) is 1. The number of rotatable bonds is 4. The topological polar surface area (TPSA) is 50.7 Å². The summed E-state index contributed by atoms with van der Waals surface area (Å²) in [6.45, 7) is 2.13. The molecule has 0 aromatic heterocycles. The average Bonchev–Trinajstić information content (AvgIpc) is 2.42. The van der Waals surface area contributed by atoms with Gasteiger partial charge in [-0.25, -0.2) is 0 Å². The van der Waals surface area contributed by atoms with E-state index < -0.39 is 0 Å². The van der Waals surface area contributed by atoms with Crippen molar-refractivity contribution in [2.75, 3.05) is 27.3 Å². The third kappa shape index (κ3) is 2.70. The molecule has 1 atom stereocenters. The van der Waals surface area contributed by atoms with Crippen molar-refractivity contribution in [3.63, 3.8) is 0 Å². The Morgan fingerprint density at radius 2 is 2.17 bits per heavy atom. The molecule has 0 saturated carbocycles. The number of phenolic OH excluding ortho intramolecular Hbond substituents is 1. The van der Waals surface area contributed by atoms with Crippen molar-refractivity contribution in [3.8, 4) is 17.2 Å². The molecule has 1 aliphatic rings. The van der Waals surface area contributed by atoms with Crippen LogP contribution in [0.25, 0.3) is 0 Å². The molecule has 2 rings (SSSR count). The van der Waals surface area contributed by atoms with E-state index in [0.717, 1.165) is 25.1 Å². The minimum absolute atomic E-state index is 0.211. The third-order valence-corrected chi connectivity index (χ3v) is 3.51. The minimum Gasteiger partial charge on any atom is -0.504 e. The first-order valence-electron chi connectivity index (χ1n) is 6.39. The summed E-state index contributed by atoms with van der Waals surface area (Å²) < 4.78 is 10.4. The fourth-order valence-electron chi connectivity index (χ4n) is 2.53. The number of hydrogen-bond acceptors (Lipinski definition) is 4. The van der Waals surface area contributed by atoms with Crippen molar-refractivity contribution in [3.05, 3.63) is 17.7 Å². The Hall–Kier alpha value is -1.42. The van der Waals surface area contributed by atoms with Crippen molar-refractivity contribution in [2.24, 2.45) is 5.92 Å². The molecule has 2 N–H and O–H groups in total. The molecule has 1 unspecified atom stereocenters. The van der Waals surface area contributed by atoms with Gasteiger partial charge in [0.25, 0.3) is 0 Å². The van der Waals surface area contributed by atoms with Crippen molar-refractivity contribution in [1.82, 2.24) is 5.32 Å². The van der Waals surface area contributed by atoms with Gasteiger partial charge in [-0.3, -0.25) is 0 Å². The molecule has 18 heavy (non-hydrogen) atoms. The van der Waals surface area contributed by atoms with Crippen LogP contribution in [0.3, 0.4) is 0 Å². The predicted molar refractivity (Wildman–Crippen MR) is 70.5 cm³/mol. The predicted octanol–water partition coefficient (Wildman–Crippen LogP) is 1.95. The molecule has 0 radical (unpaired) electrons. The van der Waals surface area contributed by atoms with E-state index in [9.17, 15) is 5.11 Å². The second-order valence-corrected chi connectivity index (χ2v) is 4.73. The van der Waals surface area contributed by atoms with Crippen LogP contribution in [0.2, 0.25) is 0 Å². The van der Waals surface area contributed by atoms with Gasteiger partial charge in [0, 0.05) is 0 Å². The summed E-state index contributed by atoms with van der Waals surface area (Å²) in [5.74, 6) is 1.80. The quantitative estimate of drug-likeness (QED) is 0.859. The van der Waals surface area contributed by atoms with Crippen LogP contribution in [-0.2, 0) is 6.42 Å². The molecule has 4 nitrogen and oxygen atoms in total. The van der Waals surface area contributed by atoms with Crippen LogP contribution in [0.15, 0.2) is 12.1 Å². The van der Waals surface area contributed by atoms with Gasteiger partial charge in [-0.1, -0.05) is 6.07 Å². The van der Waals surface area contributed by atoms with Gasteiger partial charge in [-0.2, -0.15) is 0 Å². The minimum atomic E-state index is 0.211. The lowest BCUT2D eigenvalue weighted by molar-refractivity contribution is 0.326. The van der Waals surface area contributed by atoms with Crippen LogP contribution in [0.5, 0.6) is 17.2 Å². The largest absolute Gasteiger partial charge is 0.504 e.